The Bertz CT molecular complexity index is 487. The topological polar surface area (TPSA) is 35.0 Å². The lowest BCUT2D eigenvalue weighted by molar-refractivity contribution is 0.415. The van der Waals surface area contributed by atoms with E-state index in [1.807, 2.05) is 0 Å². The molecule has 5 heteroatoms. The smallest absolute Gasteiger partial charge is 0.148 e. The highest BCUT2D eigenvalue weighted by atomic mass is 35.5. The van der Waals surface area contributed by atoms with E-state index in [1.54, 1.807) is 19.2 Å². The Hall–Kier alpha value is -1.06. The van der Waals surface area contributed by atoms with Crippen LogP contribution in [0.15, 0.2) is 18.3 Å². The molecule has 0 unspecified atom stereocenters. The molecule has 0 aliphatic carbocycles. The lowest BCUT2D eigenvalue weighted by Gasteiger charge is -2.04. The van der Waals surface area contributed by atoms with Gasteiger partial charge >= 0.3 is 0 Å². The number of benzene rings is 1. The van der Waals surface area contributed by atoms with Crippen LogP contribution in [0.5, 0.6) is 5.75 Å². The van der Waals surface area contributed by atoms with Gasteiger partial charge in [0.2, 0.25) is 0 Å². The molecule has 0 saturated heterocycles. The van der Waals surface area contributed by atoms with Crippen molar-refractivity contribution in [2.45, 2.75) is 0 Å². The van der Waals surface area contributed by atoms with Crippen molar-refractivity contribution >= 4 is 34.2 Å². The van der Waals surface area contributed by atoms with E-state index in [1.165, 1.54) is 6.20 Å². The number of hydrogen-bond acceptors (Lipinski definition) is 3. The molecule has 3 nitrogen and oxygen atoms in total. The Morgan fingerprint density at radius 2 is 2.07 bits per heavy atom. The van der Waals surface area contributed by atoms with Gasteiger partial charge in [-0.25, -0.2) is 9.97 Å². The van der Waals surface area contributed by atoms with Gasteiger partial charge in [-0.3, -0.25) is 0 Å². The van der Waals surface area contributed by atoms with Gasteiger partial charge in [0.25, 0.3) is 0 Å². The molecule has 0 spiro atoms. The van der Waals surface area contributed by atoms with E-state index in [0.29, 0.717) is 27.0 Å². The third-order valence-corrected chi connectivity index (χ3v) is 2.35. The van der Waals surface area contributed by atoms with Crippen molar-refractivity contribution in [2.75, 3.05) is 7.11 Å². The standard InChI is InChI=1S/C9H6Cl2N2O/c1-14-6-3-2-5-9(8(6)11)12-4-7(10)13-5/h2-4H,1H3. The van der Waals surface area contributed by atoms with Crippen LogP contribution in [0.1, 0.15) is 0 Å². The van der Waals surface area contributed by atoms with Crippen molar-refractivity contribution in [3.8, 4) is 5.75 Å². The Labute approximate surface area is 90.6 Å². The second kappa shape index (κ2) is 3.59. The second-order valence-corrected chi connectivity index (χ2v) is 3.41. The summed E-state index contributed by atoms with van der Waals surface area (Å²) in [4.78, 5) is 8.16. The monoisotopic (exact) mass is 228 g/mol. The Kier molecular flexibility index (Phi) is 2.44. The number of halogens is 2. The first-order valence-electron chi connectivity index (χ1n) is 3.87. The van der Waals surface area contributed by atoms with Crippen LogP contribution in [0.2, 0.25) is 10.2 Å². The van der Waals surface area contributed by atoms with Gasteiger partial charge in [-0.05, 0) is 12.1 Å². The predicted octanol–water partition coefficient (Wildman–Crippen LogP) is 2.95. The van der Waals surface area contributed by atoms with E-state index in [0.717, 1.165) is 0 Å². The first-order valence-corrected chi connectivity index (χ1v) is 4.62. The fourth-order valence-corrected chi connectivity index (χ4v) is 1.59. The maximum Gasteiger partial charge on any atom is 0.148 e. The minimum atomic E-state index is 0.346. The molecule has 0 aliphatic heterocycles. The summed E-state index contributed by atoms with van der Waals surface area (Å²) in [6.45, 7) is 0. The van der Waals surface area contributed by atoms with Gasteiger partial charge in [-0.15, -0.1) is 0 Å². The summed E-state index contributed by atoms with van der Waals surface area (Å²) < 4.78 is 5.05. The van der Waals surface area contributed by atoms with E-state index in [-0.39, 0.29) is 0 Å². The summed E-state index contributed by atoms with van der Waals surface area (Å²) in [5.41, 5.74) is 1.25. The van der Waals surface area contributed by atoms with Gasteiger partial charge in [0, 0.05) is 0 Å². The van der Waals surface area contributed by atoms with Crippen LogP contribution in [-0.4, -0.2) is 17.1 Å². The summed E-state index contributed by atoms with van der Waals surface area (Å²) in [5, 5.41) is 0.799. The van der Waals surface area contributed by atoms with Crippen LogP contribution in [-0.2, 0) is 0 Å². The molecular formula is C9H6Cl2N2O. The Morgan fingerprint density at radius 3 is 2.79 bits per heavy atom. The minimum absolute atomic E-state index is 0.346. The molecular weight excluding hydrogens is 223 g/mol. The molecule has 0 bridgehead atoms. The molecule has 1 heterocycles. The van der Waals surface area contributed by atoms with Crippen LogP contribution < -0.4 is 4.74 Å². The van der Waals surface area contributed by atoms with Gasteiger partial charge in [0.05, 0.1) is 18.8 Å². The van der Waals surface area contributed by atoms with Crippen LogP contribution in [0, 0.1) is 0 Å². The van der Waals surface area contributed by atoms with Crippen molar-refractivity contribution in [2.24, 2.45) is 0 Å². The molecule has 1 aromatic carbocycles. The van der Waals surface area contributed by atoms with Crippen LogP contribution >= 0.6 is 23.2 Å². The number of fused-ring (bicyclic) bond motifs is 1. The van der Waals surface area contributed by atoms with Gasteiger partial charge in [0.1, 0.15) is 21.4 Å². The van der Waals surface area contributed by atoms with E-state index < -0.39 is 0 Å². The largest absolute Gasteiger partial charge is 0.495 e. The summed E-state index contributed by atoms with van der Waals surface area (Å²) in [6, 6.07) is 3.49. The maximum absolute atomic E-state index is 6.02. The summed E-state index contributed by atoms with van der Waals surface area (Å²) >= 11 is 11.7. The van der Waals surface area contributed by atoms with Crippen molar-refractivity contribution in [3.63, 3.8) is 0 Å². The highest BCUT2D eigenvalue weighted by Gasteiger charge is 2.07. The highest BCUT2D eigenvalue weighted by molar-refractivity contribution is 6.36. The molecule has 72 valence electrons. The molecule has 0 atom stereocenters. The van der Waals surface area contributed by atoms with E-state index >= 15 is 0 Å². The van der Waals surface area contributed by atoms with Gasteiger partial charge < -0.3 is 4.74 Å². The zero-order valence-electron chi connectivity index (χ0n) is 7.29. The number of aromatic nitrogens is 2. The van der Waals surface area contributed by atoms with Crippen molar-refractivity contribution in [1.29, 1.82) is 0 Å². The zero-order chi connectivity index (χ0) is 10.1. The lowest BCUT2D eigenvalue weighted by Crippen LogP contribution is -1.89. The van der Waals surface area contributed by atoms with Crippen molar-refractivity contribution < 1.29 is 4.74 Å². The molecule has 2 rings (SSSR count). The number of ether oxygens (including phenoxy) is 1. The number of methoxy groups -OCH3 is 1. The van der Waals surface area contributed by atoms with E-state index in [2.05, 4.69) is 9.97 Å². The molecule has 0 saturated carbocycles. The van der Waals surface area contributed by atoms with E-state index in [9.17, 15) is 0 Å². The maximum atomic E-state index is 6.02. The number of nitrogens with zero attached hydrogens (tertiary/aromatic N) is 2. The van der Waals surface area contributed by atoms with Gasteiger partial charge in [-0.1, -0.05) is 23.2 Å². The summed E-state index contributed by atoms with van der Waals surface area (Å²) in [6.07, 6.45) is 1.45. The molecule has 0 aliphatic rings. The quantitative estimate of drug-likeness (QED) is 0.753. The SMILES string of the molecule is COc1ccc2nc(Cl)cnc2c1Cl. The fourth-order valence-electron chi connectivity index (χ4n) is 1.17. The average Bonchev–Trinajstić information content (AvgIpc) is 2.18. The first-order chi connectivity index (χ1) is 6.72. The fraction of sp³-hybridized carbons (Fsp3) is 0.111. The third kappa shape index (κ3) is 1.49. The minimum Gasteiger partial charge on any atom is -0.495 e. The zero-order valence-corrected chi connectivity index (χ0v) is 8.80. The molecule has 1 aromatic heterocycles. The number of rotatable bonds is 1. The van der Waals surface area contributed by atoms with Gasteiger partial charge in [-0.2, -0.15) is 0 Å². The predicted molar refractivity (Wildman–Crippen MR) is 56.1 cm³/mol. The second-order valence-electron chi connectivity index (χ2n) is 2.64. The highest BCUT2D eigenvalue weighted by Crippen LogP contribution is 2.30. The molecule has 14 heavy (non-hydrogen) atoms. The molecule has 2 aromatic rings. The molecule has 0 radical (unpaired) electrons. The Balaban J connectivity index is 2.77. The lowest BCUT2D eigenvalue weighted by atomic mass is 10.3. The Morgan fingerprint density at radius 1 is 1.29 bits per heavy atom. The summed E-state index contributed by atoms with van der Waals surface area (Å²) in [7, 11) is 1.55. The molecule has 0 N–H and O–H groups in total. The number of hydrogen-bond donors (Lipinski definition) is 0. The van der Waals surface area contributed by atoms with E-state index in [4.69, 9.17) is 27.9 Å². The summed E-state index contributed by atoms with van der Waals surface area (Å²) in [5.74, 6) is 0.579. The van der Waals surface area contributed by atoms with Crippen molar-refractivity contribution in [1.82, 2.24) is 9.97 Å². The van der Waals surface area contributed by atoms with Crippen LogP contribution in [0.4, 0.5) is 0 Å². The first kappa shape index (κ1) is 9.49. The van der Waals surface area contributed by atoms with Gasteiger partial charge in [0.15, 0.2) is 0 Å². The normalized spacial score (nSPS) is 10.5. The molecule has 0 fully saturated rings. The third-order valence-electron chi connectivity index (χ3n) is 1.81. The van der Waals surface area contributed by atoms with Crippen LogP contribution in [0.25, 0.3) is 11.0 Å². The average molecular weight is 229 g/mol. The van der Waals surface area contributed by atoms with Crippen LogP contribution in [0.3, 0.4) is 0 Å². The van der Waals surface area contributed by atoms with Crippen molar-refractivity contribution in [3.05, 3.63) is 28.5 Å². The molecule has 0 amide bonds.